The maximum Gasteiger partial charge on any atom is 0.255 e. The van der Waals surface area contributed by atoms with Crippen molar-refractivity contribution in [3.05, 3.63) is 23.8 Å². The maximum absolute atomic E-state index is 12.4. The molecule has 1 aromatic rings. The van der Waals surface area contributed by atoms with Crippen molar-refractivity contribution in [3.63, 3.8) is 0 Å². The monoisotopic (exact) mass is 293 g/mol. The first-order valence-electron chi connectivity index (χ1n) is 7.26. The summed E-state index contributed by atoms with van der Waals surface area (Å²) in [5.74, 6) is 0.760. The Morgan fingerprint density at radius 2 is 2.00 bits per heavy atom. The van der Waals surface area contributed by atoms with Crippen LogP contribution in [0.1, 0.15) is 36.0 Å². The van der Waals surface area contributed by atoms with E-state index in [0.29, 0.717) is 23.6 Å². The highest BCUT2D eigenvalue weighted by Gasteiger charge is 2.33. The third-order valence-electron chi connectivity index (χ3n) is 4.27. The lowest BCUT2D eigenvalue weighted by molar-refractivity contribution is 0.0877. The summed E-state index contributed by atoms with van der Waals surface area (Å²) in [7, 11) is 3.06. The minimum absolute atomic E-state index is 0.114. The Morgan fingerprint density at radius 3 is 2.57 bits per heavy atom. The van der Waals surface area contributed by atoms with Gasteiger partial charge in [-0.1, -0.05) is 18.9 Å². The number of ether oxygens (including phenoxy) is 2. The maximum atomic E-state index is 12.4. The van der Waals surface area contributed by atoms with Gasteiger partial charge in [-0.15, -0.1) is 0 Å². The second-order valence-electron chi connectivity index (χ2n) is 5.59. The van der Waals surface area contributed by atoms with Crippen LogP contribution in [-0.2, 0) is 0 Å². The van der Waals surface area contributed by atoms with Gasteiger partial charge in [-0.2, -0.15) is 0 Å². The molecule has 5 heteroatoms. The topological polar surface area (TPSA) is 67.8 Å². The van der Waals surface area contributed by atoms with Gasteiger partial charge in [-0.25, -0.2) is 0 Å². The molecular weight excluding hydrogens is 270 g/mol. The summed E-state index contributed by atoms with van der Waals surface area (Å²) in [6, 6.07) is 5.21. The number of amides is 1. The molecule has 0 spiro atoms. The second-order valence-corrected chi connectivity index (χ2v) is 5.59. The van der Waals surface area contributed by atoms with Gasteiger partial charge in [0.15, 0.2) is 11.5 Å². The van der Waals surface area contributed by atoms with E-state index in [9.17, 15) is 9.90 Å². The van der Waals surface area contributed by atoms with E-state index < -0.39 is 0 Å². The average Bonchev–Trinajstić information content (AvgIpc) is 3.01. The van der Waals surface area contributed by atoms with Gasteiger partial charge in [0.1, 0.15) is 0 Å². The minimum Gasteiger partial charge on any atom is -0.493 e. The molecule has 0 aliphatic heterocycles. The van der Waals surface area contributed by atoms with Gasteiger partial charge in [-0.3, -0.25) is 4.79 Å². The van der Waals surface area contributed by atoms with Crippen LogP contribution >= 0.6 is 0 Å². The lowest BCUT2D eigenvalue weighted by Crippen LogP contribution is -2.38. The Balaban J connectivity index is 2.10. The molecule has 1 aliphatic carbocycles. The van der Waals surface area contributed by atoms with Crippen molar-refractivity contribution in [2.24, 2.45) is 5.41 Å². The van der Waals surface area contributed by atoms with Crippen LogP contribution in [-0.4, -0.2) is 38.4 Å². The van der Waals surface area contributed by atoms with Crippen LogP contribution in [0, 0.1) is 5.41 Å². The molecule has 1 amide bonds. The lowest BCUT2D eigenvalue weighted by Gasteiger charge is -2.26. The number of benzene rings is 1. The van der Waals surface area contributed by atoms with Crippen LogP contribution in [0.5, 0.6) is 11.5 Å². The van der Waals surface area contributed by atoms with Crippen LogP contribution in [0.4, 0.5) is 0 Å². The molecule has 1 aromatic carbocycles. The van der Waals surface area contributed by atoms with Crippen molar-refractivity contribution in [1.82, 2.24) is 5.32 Å². The Labute approximate surface area is 125 Å². The molecule has 0 saturated heterocycles. The van der Waals surface area contributed by atoms with E-state index in [1.807, 2.05) is 0 Å². The second kappa shape index (κ2) is 6.80. The van der Waals surface area contributed by atoms with Gasteiger partial charge in [0.25, 0.3) is 5.91 Å². The minimum atomic E-state index is -0.203. The first-order valence-corrected chi connectivity index (χ1v) is 7.26. The predicted octanol–water partition coefficient (Wildman–Crippen LogP) is 1.99. The first kappa shape index (κ1) is 15.6. The Hall–Kier alpha value is -1.75. The summed E-state index contributed by atoms with van der Waals surface area (Å²) in [4.78, 5) is 12.4. The molecule has 1 saturated carbocycles. The number of rotatable bonds is 6. The zero-order chi connectivity index (χ0) is 15.3. The predicted molar refractivity (Wildman–Crippen MR) is 79.9 cm³/mol. The van der Waals surface area contributed by atoms with Crippen molar-refractivity contribution < 1.29 is 19.4 Å². The van der Waals surface area contributed by atoms with Gasteiger partial charge in [0, 0.05) is 12.0 Å². The summed E-state index contributed by atoms with van der Waals surface area (Å²) >= 11 is 0. The van der Waals surface area contributed by atoms with Gasteiger partial charge in [-0.05, 0) is 25.0 Å². The van der Waals surface area contributed by atoms with E-state index >= 15 is 0 Å². The van der Waals surface area contributed by atoms with E-state index in [1.165, 1.54) is 7.11 Å². The number of hydrogen-bond donors (Lipinski definition) is 2. The molecule has 1 fully saturated rings. The summed E-state index contributed by atoms with van der Waals surface area (Å²) in [5.41, 5.74) is 0.282. The lowest BCUT2D eigenvalue weighted by atomic mass is 9.87. The van der Waals surface area contributed by atoms with Crippen molar-refractivity contribution in [1.29, 1.82) is 0 Å². The number of aliphatic hydroxyl groups is 1. The summed E-state index contributed by atoms with van der Waals surface area (Å²) in [5, 5.41) is 12.5. The fourth-order valence-corrected chi connectivity index (χ4v) is 2.94. The van der Waals surface area contributed by atoms with Gasteiger partial charge < -0.3 is 19.9 Å². The number of aliphatic hydroxyl groups excluding tert-OH is 1. The smallest absolute Gasteiger partial charge is 0.255 e. The fourth-order valence-electron chi connectivity index (χ4n) is 2.94. The highest BCUT2D eigenvalue weighted by molar-refractivity contribution is 5.97. The average molecular weight is 293 g/mol. The number of nitrogens with one attached hydrogen (secondary N) is 1. The van der Waals surface area contributed by atoms with E-state index in [0.717, 1.165) is 25.7 Å². The zero-order valence-electron chi connectivity index (χ0n) is 12.6. The highest BCUT2D eigenvalue weighted by Crippen LogP contribution is 2.37. The molecule has 0 unspecified atom stereocenters. The quantitative estimate of drug-likeness (QED) is 0.841. The molecule has 1 aliphatic rings. The molecule has 0 atom stereocenters. The normalized spacial score (nSPS) is 16.5. The number of para-hydroxylation sites is 1. The van der Waals surface area contributed by atoms with E-state index in [4.69, 9.17) is 9.47 Å². The van der Waals surface area contributed by atoms with Gasteiger partial charge in [0.2, 0.25) is 0 Å². The van der Waals surface area contributed by atoms with E-state index in [2.05, 4.69) is 5.32 Å². The van der Waals surface area contributed by atoms with Crippen LogP contribution in [0.2, 0.25) is 0 Å². The molecular formula is C16H23NO4. The third-order valence-corrected chi connectivity index (χ3v) is 4.27. The van der Waals surface area contributed by atoms with E-state index in [-0.39, 0.29) is 17.9 Å². The zero-order valence-corrected chi connectivity index (χ0v) is 12.6. The molecule has 116 valence electrons. The molecule has 2 rings (SSSR count). The molecule has 5 nitrogen and oxygen atoms in total. The molecule has 0 radical (unpaired) electrons. The molecule has 0 aromatic heterocycles. The molecule has 0 heterocycles. The first-order chi connectivity index (χ1) is 10.2. The number of hydrogen-bond acceptors (Lipinski definition) is 4. The number of methoxy groups -OCH3 is 2. The largest absolute Gasteiger partial charge is 0.493 e. The number of carbonyl (C=O) groups excluding carboxylic acids is 1. The molecule has 0 bridgehead atoms. The van der Waals surface area contributed by atoms with E-state index in [1.54, 1.807) is 25.3 Å². The van der Waals surface area contributed by atoms with Crippen LogP contribution in [0.3, 0.4) is 0 Å². The molecule has 21 heavy (non-hydrogen) atoms. The fraction of sp³-hybridized carbons (Fsp3) is 0.562. The van der Waals surface area contributed by atoms with Crippen LogP contribution in [0.15, 0.2) is 18.2 Å². The SMILES string of the molecule is COc1cccc(C(=O)NCC2(CO)CCCC2)c1OC. The standard InChI is InChI=1S/C16H23NO4/c1-20-13-7-5-6-12(14(13)21-2)15(19)17-10-16(11-18)8-3-4-9-16/h5-7,18H,3-4,8-11H2,1-2H3,(H,17,19). The van der Waals surface area contributed by atoms with Crippen LogP contribution in [0.25, 0.3) is 0 Å². The summed E-state index contributed by atoms with van der Waals surface area (Å²) in [6.07, 6.45) is 4.13. The number of carbonyl (C=O) groups is 1. The van der Waals surface area contributed by atoms with Crippen molar-refractivity contribution in [2.75, 3.05) is 27.4 Å². The molecule has 2 N–H and O–H groups in total. The van der Waals surface area contributed by atoms with Crippen molar-refractivity contribution >= 4 is 5.91 Å². The van der Waals surface area contributed by atoms with Gasteiger partial charge >= 0.3 is 0 Å². The van der Waals surface area contributed by atoms with Gasteiger partial charge in [0.05, 0.1) is 26.4 Å². The summed E-state index contributed by atoms with van der Waals surface area (Å²) in [6.45, 7) is 0.602. The van der Waals surface area contributed by atoms with Crippen LogP contribution < -0.4 is 14.8 Å². The Bertz CT molecular complexity index is 495. The van der Waals surface area contributed by atoms with Crippen molar-refractivity contribution in [2.45, 2.75) is 25.7 Å². The highest BCUT2D eigenvalue weighted by atomic mass is 16.5. The summed E-state index contributed by atoms with van der Waals surface area (Å²) < 4.78 is 10.5. The Morgan fingerprint density at radius 1 is 1.29 bits per heavy atom. The van der Waals surface area contributed by atoms with Crippen molar-refractivity contribution in [3.8, 4) is 11.5 Å². The Kier molecular flexibility index (Phi) is 5.07. The third kappa shape index (κ3) is 3.29.